The molecule has 0 aliphatic carbocycles. The molecule has 8 aliphatic rings. The molecule has 0 saturated carbocycles. The summed E-state index contributed by atoms with van der Waals surface area (Å²) >= 11 is 1.86. The monoisotopic (exact) mass is 2020 g/mol. The highest BCUT2D eigenvalue weighted by atomic mass is 32.1. The Hall–Kier alpha value is -16.2. The predicted octanol–water partition coefficient (Wildman–Crippen LogP) is 26.4. The summed E-state index contributed by atoms with van der Waals surface area (Å²) in [6.45, 7) is 0.261. The highest BCUT2D eigenvalue weighted by Crippen LogP contribution is 2.48. The van der Waals surface area contributed by atoms with Crippen molar-refractivity contribution >= 4 is 22.7 Å². The van der Waals surface area contributed by atoms with Gasteiger partial charge in [-0.25, -0.2) is 52.4 Å². The molecule has 20 rings (SSSR count). The van der Waals surface area contributed by atoms with E-state index in [-0.39, 0.29) is 94.4 Å². The first kappa shape index (κ1) is 97.5. The van der Waals surface area contributed by atoms with Crippen LogP contribution in [0.25, 0.3) is 134 Å². The fourth-order valence-corrected chi connectivity index (χ4v) is 16.2. The minimum absolute atomic E-state index is 0.000181. The number of rotatable bonds is 17. The molecule has 21 nitrogen and oxygen atoms in total. The van der Waals surface area contributed by atoms with Gasteiger partial charge in [0.25, 0.3) is 0 Å². The zero-order valence-corrected chi connectivity index (χ0v) is 72.8. The third-order valence-electron chi connectivity index (χ3n) is 21.1. The van der Waals surface area contributed by atoms with Crippen LogP contribution in [0.15, 0.2) is 265 Å². The maximum Gasteiger partial charge on any atom is 0.417 e. The first-order chi connectivity index (χ1) is 67.3. The second-order valence-electron chi connectivity index (χ2n) is 30.8. The third kappa shape index (κ3) is 21.9. The molecule has 0 saturated heterocycles. The van der Waals surface area contributed by atoms with Gasteiger partial charge >= 0.3 is 43.2 Å². The summed E-state index contributed by atoms with van der Waals surface area (Å²) in [4.78, 5) is 30.5. The van der Waals surface area contributed by atoms with Gasteiger partial charge in [0, 0.05) is 87.0 Å². The van der Waals surface area contributed by atoms with E-state index < -0.39 is 116 Å². The maximum atomic E-state index is 14.1. The molecule has 724 valence electrons. The number of nitrogens with zero attached hydrogens (tertiary/aromatic N) is 18. The molecular weight excluding hydrogens is 1970 g/mol. The SMILES string of the molecule is COc1ccc(-c2nnc(Cn3cnc4cc(-c5ccccc5F)nc-4c3)s2)c(C(F)(F)F)c1.Fc1ccccc1-c1cc2ccn(Cc3cc(-c4ccc(C(F)(F)F)cc4C(F)(F)F)no3)nc-2n1.Fc1ccccc1-c1cc2ncn(Cc3cc(-c4ccc(C(F)(F)F)cc4C(F)(F)F)no3)cc-2n1.Fc1ccccc1-c1cc2ncn(Cc3nnc(-c4ccc(C(F)(F)F)cc4C(F)(F)F)s3)cc-2n1. The largest absolute Gasteiger partial charge is 0.497 e. The van der Waals surface area contributed by atoms with E-state index in [1.54, 1.807) is 143 Å². The van der Waals surface area contributed by atoms with Crippen molar-refractivity contribution in [1.29, 1.82) is 0 Å². The van der Waals surface area contributed by atoms with Crippen LogP contribution in [0.3, 0.4) is 0 Å². The zero-order chi connectivity index (χ0) is 101. The molecule has 0 amide bonds. The number of hydrogen-bond donors (Lipinski definition) is 0. The summed E-state index contributed by atoms with van der Waals surface area (Å²) in [5.41, 5.74) is -5.05. The van der Waals surface area contributed by atoms with E-state index in [0.29, 0.717) is 131 Å². The van der Waals surface area contributed by atoms with Gasteiger partial charge in [-0.3, -0.25) is 4.68 Å². The molecule has 48 heteroatoms. The average molecular weight is 2020 g/mol. The molecule has 4 aromatic heterocycles. The van der Waals surface area contributed by atoms with E-state index in [0.717, 1.165) is 34.8 Å². The van der Waals surface area contributed by atoms with E-state index in [9.17, 15) is 110 Å². The van der Waals surface area contributed by atoms with Crippen molar-refractivity contribution in [2.45, 2.75) is 69.4 Å². The van der Waals surface area contributed by atoms with E-state index in [1.165, 1.54) is 77.5 Å². The lowest BCUT2D eigenvalue weighted by atomic mass is 10.0. The molecule has 8 aromatic carbocycles. The third-order valence-corrected chi connectivity index (χ3v) is 23.0. The van der Waals surface area contributed by atoms with Crippen molar-refractivity contribution in [1.82, 2.24) is 89.1 Å². The van der Waals surface area contributed by atoms with E-state index in [1.807, 2.05) is 0 Å². The van der Waals surface area contributed by atoms with Crippen molar-refractivity contribution in [3.8, 4) is 140 Å². The van der Waals surface area contributed by atoms with Crippen LogP contribution in [-0.2, 0) is 69.4 Å². The van der Waals surface area contributed by atoms with Crippen LogP contribution >= 0.6 is 22.7 Å². The topological polar surface area (TPSA) is 236 Å². The van der Waals surface area contributed by atoms with Gasteiger partial charge in [0.2, 0.25) is 0 Å². The zero-order valence-electron chi connectivity index (χ0n) is 71.1. The summed E-state index contributed by atoms with van der Waals surface area (Å²) in [7, 11) is 1.31. The summed E-state index contributed by atoms with van der Waals surface area (Å²) in [6, 6.07) is 43.1. The van der Waals surface area contributed by atoms with Crippen LogP contribution < -0.4 is 4.74 Å². The number of ether oxygens (including phenoxy) is 1. The molecule has 12 heterocycles. The number of benzene rings is 8. The molecule has 0 N–H and O–H groups in total. The van der Waals surface area contributed by atoms with Crippen LogP contribution in [0.4, 0.5) is 110 Å². The summed E-state index contributed by atoms with van der Waals surface area (Å²) < 4.78 is 356. The number of alkyl halides is 21. The number of aromatic nitrogens is 18. The Morgan fingerprint density at radius 1 is 0.303 bits per heavy atom. The van der Waals surface area contributed by atoms with Crippen molar-refractivity contribution in [2.75, 3.05) is 7.11 Å². The summed E-state index contributed by atoms with van der Waals surface area (Å²) in [5, 5.41) is 28.0. The second kappa shape index (κ2) is 38.5. The summed E-state index contributed by atoms with van der Waals surface area (Å²) in [6.07, 6.45) is -23.5. The molecule has 0 spiro atoms. The lowest BCUT2D eigenvalue weighted by molar-refractivity contribution is -0.144. The average Bonchev–Trinajstić information content (AvgIpc) is 1.27. The Balaban J connectivity index is 0.000000130. The molecular formula is C94H53F25N18O3S2. The van der Waals surface area contributed by atoms with Gasteiger partial charge < -0.3 is 27.5 Å². The fourth-order valence-electron chi connectivity index (χ4n) is 14.5. The van der Waals surface area contributed by atoms with Gasteiger partial charge in [-0.1, -0.05) is 99.7 Å². The lowest BCUT2D eigenvalue weighted by Gasteiger charge is -2.14. The molecule has 0 radical (unpaired) electrons. The molecule has 0 fully saturated rings. The minimum Gasteiger partial charge on any atom is -0.497 e. The van der Waals surface area contributed by atoms with Crippen LogP contribution in [0, 0.1) is 23.3 Å². The van der Waals surface area contributed by atoms with Gasteiger partial charge in [0.05, 0.1) is 125 Å². The van der Waals surface area contributed by atoms with Gasteiger partial charge in [0.15, 0.2) is 17.3 Å². The number of hydrogen-bond acceptors (Lipinski definition) is 19. The van der Waals surface area contributed by atoms with Crippen LogP contribution in [0.2, 0.25) is 0 Å². The van der Waals surface area contributed by atoms with Crippen LogP contribution in [0.1, 0.15) is 60.5 Å². The Labute approximate surface area is 788 Å². The molecule has 0 unspecified atom stereocenters. The Morgan fingerprint density at radius 2 is 0.641 bits per heavy atom. The quantitative estimate of drug-likeness (QED) is 0.0770. The van der Waals surface area contributed by atoms with Crippen molar-refractivity contribution in [2.24, 2.45) is 0 Å². The maximum absolute atomic E-state index is 14.1. The second-order valence-corrected chi connectivity index (χ2v) is 32.9. The smallest absolute Gasteiger partial charge is 0.417 e. The summed E-state index contributed by atoms with van der Waals surface area (Å²) in [5.74, 6) is -1.05. The lowest BCUT2D eigenvalue weighted by Crippen LogP contribution is -2.12. The normalized spacial score (nSPS) is 12.3. The number of halogens is 25. The highest BCUT2D eigenvalue weighted by Gasteiger charge is 2.44. The van der Waals surface area contributed by atoms with Crippen LogP contribution in [-0.4, -0.2) is 96.2 Å². The molecule has 12 aromatic rings. The van der Waals surface area contributed by atoms with Crippen molar-refractivity contribution < 1.29 is 124 Å². The van der Waals surface area contributed by atoms with Gasteiger partial charge in [-0.2, -0.15) is 97.3 Å². The molecule has 8 aliphatic heterocycles. The number of fused-ring (bicyclic) bond motifs is 4. The Morgan fingerprint density at radius 3 is 1.01 bits per heavy atom. The van der Waals surface area contributed by atoms with Crippen LogP contribution in [0.5, 0.6) is 5.75 Å². The number of methoxy groups -OCH3 is 1. The van der Waals surface area contributed by atoms with E-state index in [2.05, 4.69) is 70.7 Å². The van der Waals surface area contributed by atoms with E-state index >= 15 is 0 Å². The Kier molecular flexibility index (Phi) is 26.5. The van der Waals surface area contributed by atoms with Gasteiger partial charge in [-0.05, 0) is 133 Å². The van der Waals surface area contributed by atoms with Crippen molar-refractivity contribution in [3.63, 3.8) is 0 Å². The standard InChI is InChI=1S/2C24H13F7N4O.C23H12F7N5S.C23H15F4N5OS/c25-18-4-2-1-3-16(18)19-9-21-22(33-19)11-35(12-32-21)10-14-8-20(34-36-14)15-6-5-13(23(26,27)28)7-17(15)24(29,30)31;25-19-4-2-1-3-17(19)20-9-13-7-8-35(33-22(13)32-20)12-15-11-21(34-36-15)16-6-5-14(23(26,27)28)10-18(16)24(29,30)31;24-16-4-2-1-3-14(16)17-8-18-19(32-17)9-35(11-31-18)10-20-33-34-21(36-20)13-6-5-12(22(25,26)27)7-15(13)23(28,29)30;1-33-13-6-7-14(16(8-13)23(25,26)27)22-31-30-21(34-22)11-32-10-20-19(28-12-32)9-18(29-20)15-4-2-3-5-17(15)24/h1-9,11-12H,10H2;1-11H,12H2;1-9,11H,10H2;2-10,12H,11H2,1H3. The molecule has 0 bridgehead atoms. The molecule has 0 atom stereocenters. The molecule has 142 heavy (non-hydrogen) atoms. The first-order valence-corrected chi connectivity index (χ1v) is 42.4. The minimum atomic E-state index is -5.05. The highest BCUT2D eigenvalue weighted by molar-refractivity contribution is 7.15. The van der Waals surface area contributed by atoms with Gasteiger partial charge in [-0.15, -0.1) is 20.4 Å². The van der Waals surface area contributed by atoms with E-state index in [4.69, 9.17) is 13.8 Å². The predicted molar refractivity (Wildman–Crippen MR) is 461 cm³/mol. The van der Waals surface area contributed by atoms with Gasteiger partial charge in [0.1, 0.15) is 84.1 Å². The van der Waals surface area contributed by atoms with Crippen molar-refractivity contribution in [3.05, 3.63) is 340 Å². The Bertz CT molecular complexity index is 7270. The first-order valence-electron chi connectivity index (χ1n) is 40.8. The fraction of sp³-hybridized carbons (Fsp3) is 0.128.